The summed E-state index contributed by atoms with van der Waals surface area (Å²) in [6, 6.07) is 0.542. The van der Waals surface area contributed by atoms with Gasteiger partial charge in [0.25, 0.3) is 0 Å². The average Bonchev–Trinajstić information content (AvgIpc) is 2.15. The third-order valence-corrected chi connectivity index (χ3v) is 5.23. The number of rotatable bonds is 8. The predicted molar refractivity (Wildman–Crippen MR) is 72.6 cm³/mol. The van der Waals surface area contributed by atoms with Crippen LogP contribution in [0.5, 0.6) is 0 Å². The molecule has 0 aliphatic carbocycles. The maximum atomic E-state index is 11.6. The Bertz CT molecular complexity index is 193. The Morgan fingerprint density at radius 2 is 2.00 bits per heavy atom. The van der Waals surface area contributed by atoms with E-state index in [1.54, 1.807) is 21.6 Å². The van der Waals surface area contributed by atoms with Gasteiger partial charge in [0, 0.05) is 24.8 Å². The molecule has 0 aromatic heterocycles. The van der Waals surface area contributed by atoms with E-state index in [9.17, 15) is 4.79 Å². The highest BCUT2D eigenvalue weighted by Crippen LogP contribution is 2.36. The molecule has 0 aliphatic heterocycles. The zero-order valence-corrected chi connectivity index (χ0v) is 12.1. The fourth-order valence-corrected chi connectivity index (χ4v) is 3.53. The zero-order valence-electron chi connectivity index (χ0n) is 10.4. The highest BCUT2D eigenvalue weighted by Gasteiger charge is 2.26. The fraction of sp³-hybridized carbons (Fsp3) is 0.909. The quantitative estimate of drug-likeness (QED) is 0.528. The van der Waals surface area contributed by atoms with E-state index in [0.29, 0.717) is 18.2 Å². The number of hydrogen-bond acceptors (Lipinski definition) is 4. The Hall–Kier alpha value is 0.330. The van der Waals surface area contributed by atoms with E-state index in [1.807, 2.05) is 20.8 Å². The molecule has 90 valence electrons. The van der Waals surface area contributed by atoms with Crippen molar-refractivity contribution < 1.29 is 4.79 Å². The van der Waals surface area contributed by atoms with Gasteiger partial charge in [-0.15, -0.1) is 0 Å². The normalized spacial score (nSPS) is 12.1. The topological polar surface area (TPSA) is 29.1 Å². The molecule has 0 atom stereocenters. The Labute approximate surface area is 102 Å². The fourth-order valence-electron chi connectivity index (χ4n) is 1.05. The summed E-state index contributed by atoms with van der Waals surface area (Å²) in [5, 5.41) is 3.36. The highest BCUT2D eigenvalue weighted by atomic mass is 33.1. The lowest BCUT2D eigenvalue weighted by Crippen LogP contribution is -2.27. The number of hydrogen-bond donors (Lipinski definition) is 1. The van der Waals surface area contributed by atoms with Crippen LogP contribution in [0.25, 0.3) is 0 Å². The Morgan fingerprint density at radius 1 is 1.40 bits per heavy atom. The summed E-state index contributed by atoms with van der Waals surface area (Å²) in [5.41, 5.74) is 0. The molecule has 0 unspecified atom stereocenters. The molecule has 0 spiro atoms. The molecule has 0 amide bonds. The van der Waals surface area contributed by atoms with Crippen LogP contribution in [0.2, 0.25) is 0 Å². The largest absolute Gasteiger partial charge is 0.314 e. The lowest BCUT2D eigenvalue weighted by molar-refractivity contribution is -0.120. The van der Waals surface area contributed by atoms with Gasteiger partial charge in [-0.05, 0) is 13.8 Å². The summed E-state index contributed by atoms with van der Waals surface area (Å²) in [5.74, 6) is 1.38. The molecule has 4 heteroatoms. The number of carbonyl (C=O) groups excluding carboxylic acids is 1. The van der Waals surface area contributed by atoms with Crippen LogP contribution in [-0.2, 0) is 4.79 Å². The summed E-state index contributed by atoms with van der Waals surface area (Å²) in [7, 11) is 3.47. The summed E-state index contributed by atoms with van der Waals surface area (Å²) >= 11 is 0. The second kappa shape index (κ2) is 7.58. The predicted octanol–water partition coefficient (Wildman–Crippen LogP) is 3.12. The minimum absolute atomic E-state index is 0.239. The van der Waals surface area contributed by atoms with Gasteiger partial charge < -0.3 is 5.32 Å². The molecular weight excluding hydrogens is 226 g/mol. The van der Waals surface area contributed by atoms with Crippen LogP contribution in [0.15, 0.2) is 0 Å². The third-order valence-electron chi connectivity index (χ3n) is 2.00. The Morgan fingerprint density at radius 3 is 2.47 bits per heavy atom. The lowest BCUT2D eigenvalue weighted by atomic mass is 10.1. The second-order valence-electron chi connectivity index (χ2n) is 4.30. The first-order chi connectivity index (χ1) is 6.90. The monoisotopic (exact) mass is 249 g/mol. The number of Topliss-reactive ketones (excluding diaryl/α,β-unsaturated/α-hetero) is 1. The van der Waals surface area contributed by atoms with Crippen molar-refractivity contribution in [2.24, 2.45) is 0 Å². The molecule has 1 N–H and O–H groups in total. The van der Waals surface area contributed by atoms with Crippen LogP contribution in [0.1, 0.15) is 41.0 Å². The lowest BCUT2D eigenvalue weighted by Gasteiger charge is -2.20. The van der Waals surface area contributed by atoms with Crippen LogP contribution in [0.3, 0.4) is 0 Å². The Kier molecular flexibility index (Phi) is 7.75. The minimum atomic E-state index is -0.239. The molecule has 0 aromatic rings. The van der Waals surface area contributed by atoms with Crippen molar-refractivity contribution >= 4 is 27.4 Å². The van der Waals surface area contributed by atoms with E-state index in [2.05, 4.69) is 19.2 Å². The van der Waals surface area contributed by atoms with Crippen molar-refractivity contribution in [2.75, 3.05) is 12.3 Å². The Balaban J connectivity index is 3.62. The van der Waals surface area contributed by atoms with E-state index in [0.717, 1.165) is 12.3 Å². The summed E-state index contributed by atoms with van der Waals surface area (Å²) in [6.45, 7) is 11.2. The van der Waals surface area contributed by atoms with Crippen LogP contribution in [0.4, 0.5) is 0 Å². The molecule has 2 nitrogen and oxygen atoms in total. The van der Waals surface area contributed by atoms with E-state index >= 15 is 0 Å². The van der Waals surface area contributed by atoms with Crippen LogP contribution in [0, 0.1) is 0 Å². The van der Waals surface area contributed by atoms with Crippen molar-refractivity contribution in [1.82, 2.24) is 5.32 Å². The van der Waals surface area contributed by atoms with Crippen molar-refractivity contribution in [3.63, 3.8) is 0 Å². The SMILES string of the molecule is CCC(=O)C(C)(C)SSCCNC(C)C. The summed E-state index contributed by atoms with van der Waals surface area (Å²) in [6.07, 6.45) is 0.630. The van der Waals surface area contributed by atoms with Gasteiger partial charge in [-0.2, -0.15) is 0 Å². The molecule has 0 aliphatic rings. The third kappa shape index (κ3) is 7.25. The van der Waals surface area contributed by atoms with Gasteiger partial charge in [0.1, 0.15) is 5.78 Å². The maximum Gasteiger partial charge on any atom is 0.148 e. The van der Waals surface area contributed by atoms with Crippen LogP contribution < -0.4 is 5.32 Å². The first kappa shape index (κ1) is 15.3. The second-order valence-corrected chi connectivity index (χ2v) is 7.34. The molecule has 0 aromatic carbocycles. The standard InChI is InChI=1S/C11H23NOS2/c1-6-10(13)11(4,5)15-14-8-7-12-9(2)3/h9,12H,6-8H2,1-5H3. The smallest absolute Gasteiger partial charge is 0.148 e. The average molecular weight is 249 g/mol. The molecule has 0 saturated carbocycles. The summed E-state index contributed by atoms with van der Waals surface area (Å²) in [4.78, 5) is 11.6. The van der Waals surface area contributed by atoms with Crippen molar-refractivity contribution in [3.8, 4) is 0 Å². The van der Waals surface area contributed by atoms with Gasteiger partial charge in [0.15, 0.2) is 0 Å². The molecule has 0 rings (SSSR count). The molecule has 15 heavy (non-hydrogen) atoms. The van der Waals surface area contributed by atoms with E-state index in [-0.39, 0.29) is 4.75 Å². The minimum Gasteiger partial charge on any atom is -0.314 e. The number of carbonyl (C=O) groups is 1. The van der Waals surface area contributed by atoms with Crippen molar-refractivity contribution in [2.45, 2.75) is 51.8 Å². The number of nitrogens with one attached hydrogen (secondary N) is 1. The van der Waals surface area contributed by atoms with Gasteiger partial charge in [-0.25, -0.2) is 0 Å². The maximum absolute atomic E-state index is 11.6. The molecule has 0 bridgehead atoms. The molecular formula is C11H23NOS2. The first-order valence-corrected chi connectivity index (χ1v) is 7.79. The van der Waals surface area contributed by atoms with E-state index in [4.69, 9.17) is 0 Å². The van der Waals surface area contributed by atoms with Gasteiger partial charge in [0.2, 0.25) is 0 Å². The van der Waals surface area contributed by atoms with Crippen molar-refractivity contribution in [3.05, 3.63) is 0 Å². The molecule has 0 radical (unpaired) electrons. The zero-order chi connectivity index (χ0) is 11.9. The van der Waals surface area contributed by atoms with Crippen LogP contribution >= 0.6 is 21.6 Å². The number of ketones is 1. The van der Waals surface area contributed by atoms with Gasteiger partial charge in [0.05, 0.1) is 4.75 Å². The van der Waals surface area contributed by atoms with Gasteiger partial charge >= 0.3 is 0 Å². The highest BCUT2D eigenvalue weighted by molar-refractivity contribution is 8.77. The molecule has 0 saturated heterocycles. The summed E-state index contributed by atoms with van der Waals surface area (Å²) < 4.78 is -0.239. The molecule has 0 heterocycles. The van der Waals surface area contributed by atoms with E-state index in [1.165, 1.54) is 0 Å². The van der Waals surface area contributed by atoms with Crippen molar-refractivity contribution in [1.29, 1.82) is 0 Å². The van der Waals surface area contributed by atoms with Crippen LogP contribution in [-0.4, -0.2) is 28.9 Å². The van der Waals surface area contributed by atoms with E-state index < -0.39 is 0 Å². The van der Waals surface area contributed by atoms with Gasteiger partial charge in [-0.3, -0.25) is 4.79 Å². The van der Waals surface area contributed by atoms with Gasteiger partial charge in [-0.1, -0.05) is 42.4 Å². The molecule has 0 fully saturated rings. The first-order valence-electron chi connectivity index (χ1n) is 5.47.